The highest BCUT2D eigenvalue weighted by Gasteiger charge is 2.09. The summed E-state index contributed by atoms with van der Waals surface area (Å²) in [6, 6.07) is 0. The normalized spacial score (nSPS) is 14.3. The molecule has 0 bridgehead atoms. The highest BCUT2D eigenvalue weighted by molar-refractivity contribution is 7.85. The number of likely N-dealkylation sites (N-methyl/N-ethyl adjacent to an activating group) is 1. The monoisotopic (exact) mass is 335 g/mol. The first-order chi connectivity index (χ1) is 10.3. The Hall–Kier alpha value is -0.460. The maximum Gasteiger partial charge on any atom is 0.167 e. The molecule has 132 valence electrons. The van der Waals surface area contributed by atoms with E-state index in [1.807, 2.05) is 17.8 Å². The van der Waals surface area contributed by atoms with Crippen molar-refractivity contribution in [1.29, 1.82) is 0 Å². The van der Waals surface area contributed by atoms with Crippen molar-refractivity contribution in [2.45, 2.75) is 77.2 Å². The molecule has 1 N–H and O–H groups in total. The predicted molar refractivity (Wildman–Crippen MR) is 89.5 cm³/mol. The van der Waals surface area contributed by atoms with Gasteiger partial charge in [-0.25, -0.2) is 13.0 Å². The Balaban J connectivity index is 3.62. The van der Waals surface area contributed by atoms with Crippen molar-refractivity contribution >= 4 is 16.3 Å². The highest BCUT2D eigenvalue weighted by atomic mass is 32.2. The molecule has 0 aromatic heterocycles. The van der Waals surface area contributed by atoms with Crippen molar-refractivity contribution in [2.24, 2.45) is 0 Å². The molecule has 0 aliphatic carbocycles. The fourth-order valence-corrected chi connectivity index (χ4v) is 2.93. The summed E-state index contributed by atoms with van der Waals surface area (Å²) >= 11 is 0. The number of rotatable bonds is 14. The van der Waals surface area contributed by atoms with Gasteiger partial charge in [0, 0.05) is 12.2 Å². The van der Waals surface area contributed by atoms with E-state index in [-0.39, 0.29) is 11.9 Å². The van der Waals surface area contributed by atoms with Gasteiger partial charge in [0.25, 0.3) is 0 Å². The van der Waals surface area contributed by atoms with Crippen LogP contribution in [0.1, 0.15) is 71.1 Å². The molecular weight excluding hydrogens is 302 g/mol. The van der Waals surface area contributed by atoms with Crippen LogP contribution in [-0.4, -0.2) is 54.3 Å². The maximum absolute atomic E-state index is 10.5. The number of aliphatic hydroxyl groups is 1. The van der Waals surface area contributed by atoms with E-state index in [0.29, 0.717) is 19.4 Å². The second kappa shape index (κ2) is 13.0. The van der Waals surface area contributed by atoms with Gasteiger partial charge in [-0.3, -0.25) is 0 Å². The second-order valence-corrected chi connectivity index (χ2v) is 7.61. The molecule has 22 heavy (non-hydrogen) atoms. The van der Waals surface area contributed by atoms with Crippen LogP contribution in [0.5, 0.6) is 0 Å². The SMILES string of the molecule is CCCCCCCCCC(O)C[N+](C)=CCCCS(=O)(=O)[O-]. The van der Waals surface area contributed by atoms with Gasteiger partial charge < -0.3 is 9.66 Å². The fourth-order valence-electron chi connectivity index (χ4n) is 2.41. The van der Waals surface area contributed by atoms with E-state index in [0.717, 1.165) is 12.8 Å². The lowest BCUT2D eigenvalue weighted by Gasteiger charge is -2.08. The van der Waals surface area contributed by atoms with Gasteiger partial charge in [-0.15, -0.1) is 0 Å². The topological polar surface area (TPSA) is 80.4 Å². The Bertz CT molecular complexity index is 393. The lowest BCUT2D eigenvalue weighted by atomic mass is 10.1. The molecule has 6 heteroatoms. The van der Waals surface area contributed by atoms with Crippen LogP contribution in [0.4, 0.5) is 0 Å². The first-order valence-corrected chi connectivity index (χ1v) is 10.1. The summed E-state index contributed by atoms with van der Waals surface area (Å²) in [7, 11) is -2.25. The maximum atomic E-state index is 10.5. The number of nitrogens with zero attached hydrogens (tertiary/aromatic N) is 1. The molecular formula is C16H33NO4S. The summed E-state index contributed by atoms with van der Waals surface area (Å²) in [4.78, 5) is 0. The number of hydrogen-bond donors (Lipinski definition) is 1. The zero-order valence-electron chi connectivity index (χ0n) is 14.2. The molecule has 0 saturated heterocycles. The van der Waals surface area contributed by atoms with Crippen molar-refractivity contribution in [2.75, 3.05) is 19.3 Å². The average Bonchev–Trinajstić information content (AvgIpc) is 2.41. The second-order valence-electron chi connectivity index (χ2n) is 6.09. The molecule has 0 heterocycles. The Morgan fingerprint density at radius 1 is 1.09 bits per heavy atom. The molecule has 0 fully saturated rings. The minimum Gasteiger partial charge on any atom is -0.748 e. The summed E-state index contributed by atoms with van der Waals surface area (Å²) in [5.41, 5.74) is 0. The van der Waals surface area contributed by atoms with Gasteiger partial charge in [-0.2, -0.15) is 0 Å². The third-order valence-corrected chi connectivity index (χ3v) is 4.47. The van der Waals surface area contributed by atoms with Crippen LogP contribution in [0.2, 0.25) is 0 Å². The van der Waals surface area contributed by atoms with Crippen LogP contribution in [-0.2, 0) is 10.1 Å². The molecule has 0 spiro atoms. The lowest BCUT2D eigenvalue weighted by molar-refractivity contribution is -0.503. The minimum atomic E-state index is -4.11. The standard InChI is InChI=1S/C16H33NO4S/c1-3-4-5-6-7-8-9-12-16(18)15-17(2)13-10-11-14-22(19,20)21/h13,16,18H,3-12,14-15H2,1-2H3. The zero-order chi connectivity index (χ0) is 16.8. The van der Waals surface area contributed by atoms with Crippen LogP contribution in [0.25, 0.3) is 0 Å². The highest BCUT2D eigenvalue weighted by Crippen LogP contribution is 2.09. The summed E-state index contributed by atoms with van der Waals surface area (Å²) in [5, 5.41) is 9.94. The van der Waals surface area contributed by atoms with Gasteiger partial charge in [0.05, 0.1) is 10.1 Å². The third kappa shape index (κ3) is 15.9. The van der Waals surface area contributed by atoms with Gasteiger partial charge >= 0.3 is 0 Å². The lowest BCUT2D eigenvalue weighted by Crippen LogP contribution is -2.22. The van der Waals surface area contributed by atoms with Crippen LogP contribution < -0.4 is 0 Å². The number of aliphatic hydroxyl groups excluding tert-OH is 1. The molecule has 0 aromatic rings. The summed E-state index contributed by atoms with van der Waals surface area (Å²) in [5.74, 6) is -0.322. The third-order valence-electron chi connectivity index (χ3n) is 3.68. The van der Waals surface area contributed by atoms with Crippen molar-refractivity contribution in [1.82, 2.24) is 0 Å². The summed E-state index contributed by atoms with van der Waals surface area (Å²) < 4.78 is 33.3. The number of hydrogen-bond acceptors (Lipinski definition) is 4. The van der Waals surface area contributed by atoms with E-state index < -0.39 is 10.1 Å². The van der Waals surface area contributed by atoms with E-state index >= 15 is 0 Å². The van der Waals surface area contributed by atoms with Crippen molar-refractivity contribution < 1.29 is 22.7 Å². The molecule has 0 saturated carbocycles. The largest absolute Gasteiger partial charge is 0.748 e. The van der Waals surface area contributed by atoms with E-state index in [9.17, 15) is 18.1 Å². The van der Waals surface area contributed by atoms with Crippen LogP contribution in [0, 0.1) is 0 Å². The smallest absolute Gasteiger partial charge is 0.167 e. The molecule has 0 amide bonds. The van der Waals surface area contributed by atoms with E-state index in [1.165, 1.54) is 38.5 Å². The molecule has 0 aliphatic rings. The van der Waals surface area contributed by atoms with Gasteiger partial charge in [0.2, 0.25) is 0 Å². The van der Waals surface area contributed by atoms with Gasteiger partial charge in [0.1, 0.15) is 19.4 Å². The summed E-state index contributed by atoms with van der Waals surface area (Å²) in [6.07, 6.45) is 11.9. The fraction of sp³-hybridized carbons (Fsp3) is 0.938. The van der Waals surface area contributed by atoms with Gasteiger partial charge in [-0.05, 0) is 12.8 Å². The number of unbranched alkanes of at least 4 members (excludes halogenated alkanes) is 7. The first kappa shape index (κ1) is 21.5. The van der Waals surface area contributed by atoms with E-state index in [2.05, 4.69) is 6.92 Å². The Morgan fingerprint density at radius 3 is 2.27 bits per heavy atom. The molecule has 0 aromatic carbocycles. The zero-order valence-corrected chi connectivity index (χ0v) is 15.0. The van der Waals surface area contributed by atoms with Gasteiger partial charge in [-0.1, -0.05) is 51.9 Å². The predicted octanol–water partition coefficient (Wildman–Crippen LogP) is 2.53. The Morgan fingerprint density at radius 2 is 1.68 bits per heavy atom. The molecule has 0 radical (unpaired) electrons. The van der Waals surface area contributed by atoms with Crippen molar-refractivity contribution in [3.63, 3.8) is 0 Å². The van der Waals surface area contributed by atoms with Gasteiger partial charge in [0.15, 0.2) is 6.54 Å². The molecule has 0 aliphatic heterocycles. The van der Waals surface area contributed by atoms with Crippen LogP contribution in [0.3, 0.4) is 0 Å². The molecule has 1 unspecified atom stereocenters. The molecule has 1 atom stereocenters. The average molecular weight is 336 g/mol. The first-order valence-electron chi connectivity index (χ1n) is 8.50. The quantitative estimate of drug-likeness (QED) is 0.229. The Labute approximate surface area is 136 Å². The van der Waals surface area contributed by atoms with Crippen molar-refractivity contribution in [3.05, 3.63) is 0 Å². The van der Waals surface area contributed by atoms with E-state index in [1.54, 1.807) is 0 Å². The van der Waals surface area contributed by atoms with Crippen LogP contribution in [0.15, 0.2) is 0 Å². The van der Waals surface area contributed by atoms with E-state index in [4.69, 9.17) is 0 Å². The molecule has 5 nitrogen and oxygen atoms in total. The Kier molecular flexibility index (Phi) is 12.8. The minimum absolute atomic E-state index is 0.322. The summed E-state index contributed by atoms with van der Waals surface area (Å²) in [6.45, 7) is 2.77. The van der Waals surface area contributed by atoms with Crippen molar-refractivity contribution in [3.8, 4) is 0 Å². The van der Waals surface area contributed by atoms with Crippen LogP contribution >= 0.6 is 0 Å². The molecule has 0 rings (SSSR count).